The number of hydroxylamine groups is 3. The number of rotatable bonds is 0. The van der Waals surface area contributed by atoms with E-state index in [2.05, 4.69) is 18.2 Å². The zero-order chi connectivity index (χ0) is 9.31. The summed E-state index contributed by atoms with van der Waals surface area (Å²) in [7, 11) is 1.83. The molecule has 1 unspecified atom stereocenters. The molecule has 0 radical (unpaired) electrons. The number of quaternary nitrogens is 1. The highest BCUT2D eigenvalue weighted by Crippen LogP contribution is 2.18. The fraction of sp³-hybridized carbons (Fsp3) is 0.273. The molecule has 0 saturated carbocycles. The number of benzene rings is 1. The number of fused-ring (bicyclic) bond motifs is 1. The van der Waals surface area contributed by atoms with Gasteiger partial charge in [0.15, 0.2) is 0 Å². The van der Waals surface area contributed by atoms with Crippen molar-refractivity contribution in [3.05, 3.63) is 41.5 Å². The van der Waals surface area contributed by atoms with Crippen LogP contribution in [-0.4, -0.2) is 23.4 Å². The first-order valence-electron chi connectivity index (χ1n) is 4.49. The SMILES string of the molecule is C[N+]1(O)CC=Cc2ccccc2C1. The summed E-state index contributed by atoms with van der Waals surface area (Å²) in [4.78, 5) is 0. The fourth-order valence-corrected chi connectivity index (χ4v) is 1.68. The van der Waals surface area contributed by atoms with E-state index in [1.165, 1.54) is 11.1 Å². The molecule has 1 aromatic rings. The van der Waals surface area contributed by atoms with Crippen molar-refractivity contribution in [1.82, 2.24) is 0 Å². The third-order valence-corrected chi connectivity index (χ3v) is 2.36. The van der Waals surface area contributed by atoms with Crippen LogP contribution in [0.25, 0.3) is 6.08 Å². The van der Waals surface area contributed by atoms with Gasteiger partial charge in [-0.05, 0) is 11.6 Å². The number of hydrogen-bond donors (Lipinski definition) is 1. The van der Waals surface area contributed by atoms with Gasteiger partial charge in [0, 0.05) is 5.56 Å². The minimum absolute atomic E-state index is 0.0491. The summed E-state index contributed by atoms with van der Waals surface area (Å²) in [6.07, 6.45) is 4.10. The number of likely N-dealkylation sites (N-methyl/N-ethyl adjacent to an activating group) is 1. The summed E-state index contributed by atoms with van der Waals surface area (Å²) in [6, 6.07) is 8.18. The molecule has 1 N–H and O–H groups in total. The molecule has 1 atom stereocenters. The standard InChI is InChI=1S/C11H14NO/c1-12(13)8-4-7-10-5-2-3-6-11(10)9-12/h2-7,13H,8-9H2,1H3/q+1. The average molecular weight is 176 g/mol. The monoisotopic (exact) mass is 176 g/mol. The van der Waals surface area contributed by atoms with Gasteiger partial charge in [-0.2, -0.15) is 4.65 Å². The van der Waals surface area contributed by atoms with Crippen LogP contribution < -0.4 is 0 Å². The Kier molecular flexibility index (Phi) is 1.94. The van der Waals surface area contributed by atoms with Crippen molar-refractivity contribution >= 4 is 6.08 Å². The molecule has 0 spiro atoms. The van der Waals surface area contributed by atoms with Crippen LogP contribution in [0.4, 0.5) is 0 Å². The van der Waals surface area contributed by atoms with Crippen LogP contribution in [0.2, 0.25) is 0 Å². The Bertz CT molecular complexity index is 342. The molecule has 2 heteroatoms. The van der Waals surface area contributed by atoms with E-state index in [9.17, 15) is 5.21 Å². The highest BCUT2D eigenvalue weighted by Gasteiger charge is 2.21. The van der Waals surface area contributed by atoms with E-state index < -0.39 is 0 Å². The maximum Gasteiger partial charge on any atom is 0.135 e. The van der Waals surface area contributed by atoms with E-state index in [-0.39, 0.29) is 4.65 Å². The highest BCUT2D eigenvalue weighted by molar-refractivity contribution is 5.54. The Balaban J connectivity index is 2.43. The molecule has 0 aliphatic carbocycles. The largest absolute Gasteiger partial charge is 0.217 e. The van der Waals surface area contributed by atoms with Gasteiger partial charge in [0.05, 0.1) is 7.05 Å². The molecule has 0 amide bonds. The second-order valence-electron chi connectivity index (χ2n) is 3.78. The van der Waals surface area contributed by atoms with Gasteiger partial charge in [-0.1, -0.05) is 30.3 Å². The van der Waals surface area contributed by atoms with Crippen molar-refractivity contribution in [2.75, 3.05) is 13.6 Å². The molecule has 1 aromatic carbocycles. The van der Waals surface area contributed by atoms with Crippen molar-refractivity contribution in [1.29, 1.82) is 0 Å². The van der Waals surface area contributed by atoms with Gasteiger partial charge in [0.25, 0.3) is 0 Å². The molecule has 13 heavy (non-hydrogen) atoms. The molecule has 2 nitrogen and oxygen atoms in total. The Morgan fingerprint density at radius 3 is 2.92 bits per heavy atom. The molecular weight excluding hydrogens is 162 g/mol. The van der Waals surface area contributed by atoms with E-state index in [1.807, 2.05) is 25.3 Å². The first-order chi connectivity index (χ1) is 6.17. The van der Waals surface area contributed by atoms with Gasteiger partial charge < -0.3 is 0 Å². The van der Waals surface area contributed by atoms with Crippen molar-refractivity contribution in [3.63, 3.8) is 0 Å². The lowest BCUT2D eigenvalue weighted by Crippen LogP contribution is -2.38. The minimum atomic E-state index is 0.0491. The molecular formula is C11H14NO+. The molecule has 1 aliphatic rings. The van der Waals surface area contributed by atoms with Crippen molar-refractivity contribution in [3.8, 4) is 0 Å². The topological polar surface area (TPSA) is 20.2 Å². The Morgan fingerprint density at radius 2 is 2.08 bits per heavy atom. The van der Waals surface area contributed by atoms with E-state index in [4.69, 9.17) is 0 Å². The summed E-state index contributed by atoms with van der Waals surface area (Å²) in [5, 5.41) is 9.89. The van der Waals surface area contributed by atoms with E-state index in [1.54, 1.807) is 0 Å². The van der Waals surface area contributed by atoms with E-state index in [0.717, 1.165) is 0 Å². The van der Waals surface area contributed by atoms with E-state index in [0.29, 0.717) is 13.1 Å². The summed E-state index contributed by atoms with van der Waals surface area (Å²) in [5.74, 6) is 0. The molecule has 0 fully saturated rings. The predicted molar refractivity (Wildman–Crippen MR) is 52.0 cm³/mol. The first kappa shape index (κ1) is 8.48. The Hall–Kier alpha value is -1.12. The molecule has 0 saturated heterocycles. The van der Waals surface area contributed by atoms with Gasteiger partial charge in [-0.25, -0.2) is 5.21 Å². The smallest absolute Gasteiger partial charge is 0.135 e. The summed E-state index contributed by atoms with van der Waals surface area (Å²) >= 11 is 0. The molecule has 1 heterocycles. The minimum Gasteiger partial charge on any atom is -0.217 e. The van der Waals surface area contributed by atoms with Gasteiger partial charge in [-0.3, -0.25) is 0 Å². The van der Waals surface area contributed by atoms with Gasteiger partial charge in [0.1, 0.15) is 13.1 Å². The van der Waals surface area contributed by atoms with Crippen LogP contribution in [0.15, 0.2) is 30.3 Å². The maximum absolute atomic E-state index is 9.89. The van der Waals surface area contributed by atoms with E-state index >= 15 is 0 Å². The van der Waals surface area contributed by atoms with Crippen molar-refractivity contribution < 1.29 is 9.85 Å². The quantitative estimate of drug-likeness (QED) is 0.600. The van der Waals surface area contributed by atoms with Crippen LogP contribution in [0.5, 0.6) is 0 Å². The normalized spacial score (nSPS) is 26.6. The van der Waals surface area contributed by atoms with Gasteiger partial charge in [0.2, 0.25) is 0 Å². The lowest BCUT2D eigenvalue weighted by molar-refractivity contribution is -1.09. The van der Waals surface area contributed by atoms with Crippen LogP contribution >= 0.6 is 0 Å². The third-order valence-electron chi connectivity index (χ3n) is 2.36. The Labute approximate surface area is 78.3 Å². The molecule has 0 aromatic heterocycles. The fourth-order valence-electron chi connectivity index (χ4n) is 1.68. The van der Waals surface area contributed by atoms with Crippen LogP contribution in [-0.2, 0) is 6.54 Å². The first-order valence-corrected chi connectivity index (χ1v) is 4.49. The summed E-state index contributed by atoms with van der Waals surface area (Å²) in [6.45, 7) is 1.36. The van der Waals surface area contributed by atoms with Crippen molar-refractivity contribution in [2.24, 2.45) is 0 Å². The highest BCUT2D eigenvalue weighted by atomic mass is 16.5. The number of nitrogens with zero attached hydrogens (tertiary/aromatic N) is 1. The number of hydrogen-bond acceptors (Lipinski definition) is 1. The molecule has 68 valence electrons. The zero-order valence-electron chi connectivity index (χ0n) is 7.77. The van der Waals surface area contributed by atoms with Crippen LogP contribution in [0.1, 0.15) is 11.1 Å². The second kappa shape index (κ2) is 2.98. The lowest BCUT2D eigenvalue weighted by Gasteiger charge is -2.22. The maximum atomic E-state index is 9.89. The van der Waals surface area contributed by atoms with Crippen LogP contribution in [0, 0.1) is 0 Å². The summed E-state index contributed by atoms with van der Waals surface area (Å²) in [5.41, 5.74) is 2.43. The van der Waals surface area contributed by atoms with Crippen molar-refractivity contribution in [2.45, 2.75) is 6.54 Å². The predicted octanol–water partition coefficient (Wildman–Crippen LogP) is 2.05. The third kappa shape index (κ3) is 1.79. The van der Waals surface area contributed by atoms with Gasteiger partial charge >= 0.3 is 0 Å². The average Bonchev–Trinajstić information content (AvgIpc) is 2.21. The van der Waals surface area contributed by atoms with Crippen LogP contribution in [0.3, 0.4) is 0 Å². The summed E-state index contributed by atoms with van der Waals surface area (Å²) < 4.78 is 0.0491. The second-order valence-corrected chi connectivity index (χ2v) is 3.78. The molecule has 0 bridgehead atoms. The zero-order valence-corrected chi connectivity index (χ0v) is 7.77. The lowest BCUT2D eigenvalue weighted by atomic mass is 10.1. The Morgan fingerprint density at radius 1 is 1.31 bits per heavy atom. The molecule has 2 rings (SSSR count). The molecule has 1 aliphatic heterocycles. The van der Waals surface area contributed by atoms with Gasteiger partial charge in [-0.15, -0.1) is 0 Å².